The lowest BCUT2D eigenvalue weighted by molar-refractivity contribution is 0.429. The Morgan fingerprint density at radius 1 is 1.35 bits per heavy atom. The third kappa shape index (κ3) is 1.56. The van der Waals surface area contributed by atoms with E-state index < -0.39 is 0 Å². The lowest BCUT2D eigenvalue weighted by Crippen LogP contribution is -2.38. The van der Waals surface area contributed by atoms with Crippen LogP contribution in [0, 0.1) is 0 Å². The molecule has 1 aliphatic heterocycles. The van der Waals surface area contributed by atoms with Crippen molar-refractivity contribution in [2.75, 3.05) is 6.54 Å². The topological polar surface area (TPSA) is 17.0 Å². The molecule has 0 saturated heterocycles. The number of hydrogen-bond donors (Lipinski definition) is 1. The first kappa shape index (κ1) is 11.3. The van der Waals surface area contributed by atoms with Gasteiger partial charge in [-0.15, -0.1) is 0 Å². The summed E-state index contributed by atoms with van der Waals surface area (Å²) in [6, 6.07) is 6.59. The van der Waals surface area contributed by atoms with Crippen LogP contribution in [0.15, 0.2) is 22.7 Å². The molecule has 2 heterocycles. The van der Waals surface area contributed by atoms with Gasteiger partial charge in [0.15, 0.2) is 0 Å². The van der Waals surface area contributed by atoms with Crippen molar-refractivity contribution in [1.29, 1.82) is 0 Å². The smallest absolute Gasteiger partial charge is 0.0494 e. The molecule has 1 N–H and O–H groups in total. The number of nitrogens with zero attached hydrogens (tertiary/aromatic N) is 1. The van der Waals surface area contributed by atoms with Crippen LogP contribution in [0.5, 0.6) is 0 Å². The first-order valence-electron chi connectivity index (χ1n) is 5.99. The number of aryl methyl sites for hydroxylation is 1. The molecule has 0 saturated carbocycles. The van der Waals surface area contributed by atoms with Gasteiger partial charge in [-0.05, 0) is 17.7 Å². The lowest BCUT2D eigenvalue weighted by Gasteiger charge is -2.31. The summed E-state index contributed by atoms with van der Waals surface area (Å²) >= 11 is 3.56. The largest absolute Gasteiger partial charge is 0.346 e. The molecule has 1 aromatic heterocycles. The minimum Gasteiger partial charge on any atom is -0.346 e. The molecule has 2 aromatic rings. The summed E-state index contributed by atoms with van der Waals surface area (Å²) in [6.07, 6.45) is 0. The highest BCUT2D eigenvalue weighted by Gasteiger charge is 2.32. The standard InChI is InChI=1S/C14H17BrN2/c1-14(2)8-16-7-12-13(14)10-5-4-9(15)6-11(10)17(12)3/h4-6,16H,7-8H2,1-3H3. The summed E-state index contributed by atoms with van der Waals surface area (Å²) in [4.78, 5) is 0. The molecule has 0 unspecified atom stereocenters. The minimum absolute atomic E-state index is 0.209. The Morgan fingerprint density at radius 3 is 2.88 bits per heavy atom. The fraction of sp³-hybridized carbons (Fsp3) is 0.429. The number of halogens is 1. The van der Waals surface area contributed by atoms with Gasteiger partial charge in [-0.25, -0.2) is 0 Å². The average molecular weight is 293 g/mol. The van der Waals surface area contributed by atoms with E-state index in [1.54, 1.807) is 0 Å². The van der Waals surface area contributed by atoms with Crippen molar-refractivity contribution in [1.82, 2.24) is 9.88 Å². The molecule has 0 aliphatic carbocycles. The molecule has 0 atom stereocenters. The number of benzene rings is 1. The maximum absolute atomic E-state index is 3.56. The Labute approximate surface area is 110 Å². The van der Waals surface area contributed by atoms with Crippen molar-refractivity contribution in [2.24, 2.45) is 7.05 Å². The number of rotatable bonds is 0. The van der Waals surface area contributed by atoms with Crippen molar-refractivity contribution < 1.29 is 0 Å². The molecule has 0 fully saturated rings. The second kappa shape index (κ2) is 3.59. The summed E-state index contributed by atoms with van der Waals surface area (Å²) in [5.74, 6) is 0. The van der Waals surface area contributed by atoms with Crippen LogP contribution in [-0.4, -0.2) is 11.1 Å². The van der Waals surface area contributed by atoms with Gasteiger partial charge in [0.25, 0.3) is 0 Å². The van der Waals surface area contributed by atoms with E-state index in [-0.39, 0.29) is 5.41 Å². The zero-order valence-corrected chi connectivity index (χ0v) is 12.1. The van der Waals surface area contributed by atoms with Gasteiger partial charge in [-0.2, -0.15) is 0 Å². The predicted octanol–water partition coefficient (Wildman–Crippen LogP) is 3.32. The zero-order chi connectivity index (χ0) is 12.2. The first-order chi connectivity index (χ1) is 8.00. The van der Waals surface area contributed by atoms with Crippen LogP contribution in [0.2, 0.25) is 0 Å². The summed E-state index contributed by atoms with van der Waals surface area (Å²) in [5, 5.41) is 4.92. The fourth-order valence-corrected chi connectivity index (χ4v) is 3.36. The third-order valence-electron chi connectivity index (χ3n) is 3.82. The van der Waals surface area contributed by atoms with Gasteiger partial charge in [0.2, 0.25) is 0 Å². The molecule has 2 nitrogen and oxygen atoms in total. The van der Waals surface area contributed by atoms with Crippen LogP contribution >= 0.6 is 15.9 Å². The van der Waals surface area contributed by atoms with E-state index in [2.05, 4.69) is 64.9 Å². The fourth-order valence-electron chi connectivity index (χ4n) is 3.01. The molecule has 0 spiro atoms. The van der Waals surface area contributed by atoms with Gasteiger partial charge in [-0.1, -0.05) is 35.8 Å². The van der Waals surface area contributed by atoms with Gasteiger partial charge in [0.1, 0.15) is 0 Å². The van der Waals surface area contributed by atoms with Gasteiger partial charge in [-0.3, -0.25) is 0 Å². The quantitative estimate of drug-likeness (QED) is 0.788. The Bertz CT molecular complexity index is 596. The Hall–Kier alpha value is -0.800. The number of fused-ring (bicyclic) bond motifs is 3. The third-order valence-corrected chi connectivity index (χ3v) is 4.31. The maximum atomic E-state index is 3.56. The number of aromatic nitrogens is 1. The highest BCUT2D eigenvalue weighted by molar-refractivity contribution is 9.10. The van der Waals surface area contributed by atoms with Crippen molar-refractivity contribution in [3.05, 3.63) is 33.9 Å². The Morgan fingerprint density at radius 2 is 2.12 bits per heavy atom. The van der Waals surface area contributed by atoms with Gasteiger partial charge in [0.05, 0.1) is 0 Å². The van der Waals surface area contributed by atoms with E-state index in [1.165, 1.54) is 22.2 Å². The molecule has 1 aliphatic rings. The van der Waals surface area contributed by atoms with Gasteiger partial charge >= 0.3 is 0 Å². The Balaban J connectivity index is 2.42. The number of hydrogen-bond acceptors (Lipinski definition) is 1. The highest BCUT2D eigenvalue weighted by atomic mass is 79.9. The van der Waals surface area contributed by atoms with E-state index in [0.29, 0.717) is 0 Å². The van der Waals surface area contributed by atoms with Crippen molar-refractivity contribution in [2.45, 2.75) is 25.8 Å². The molecule has 0 amide bonds. The van der Waals surface area contributed by atoms with E-state index in [9.17, 15) is 0 Å². The predicted molar refractivity (Wildman–Crippen MR) is 75.4 cm³/mol. The van der Waals surface area contributed by atoms with Crippen LogP contribution in [0.4, 0.5) is 0 Å². The van der Waals surface area contributed by atoms with Crippen LogP contribution < -0.4 is 5.32 Å². The van der Waals surface area contributed by atoms with Crippen LogP contribution in [0.25, 0.3) is 10.9 Å². The molecule has 3 rings (SSSR count). The average Bonchev–Trinajstić information content (AvgIpc) is 2.54. The summed E-state index contributed by atoms with van der Waals surface area (Å²) < 4.78 is 3.47. The summed E-state index contributed by atoms with van der Waals surface area (Å²) in [6.45, 7) is 6.66. The molecular formula is C14H17BrN2. The molecule has 17 heavy (non-hydrogen) atoms. The molecule has 1 aromatic carbocycles. The number of nitrogens with one attached hydrogen (secondary N) is 1. The summed E-state index contributed by atoms with van der Waals surface area (Å²) in [5.41, 5.74) is 4.47. The SMILES string of the molecule is Cn1c2c(c3ccc(Br)cc31)C(C)(C)CNC2. The second-order valence-corrected chi connectivity index (χ2v) is 6.45. The van der Waals surface area contributed by atoms with Crippen molar-refractivity contribution in [3.63, 3.8) is 0 Å². The molecular weight excluding hydrogens is 276 g/mol. The normalized spacial score (nSPS) is 18.4. The maximum Gasteiger partial charge on any atom is 0.0494 e. The van der Waals surface area contributed by atoms with E-state index in [4.69, 9.17) is 0 Å². The minimum atomic E-state index is 0.209. The van der Waals surface area contributed by atoms with Crippen molar-refractivity contribution >= 4 is 26.8 Å². The van der Waals surface area contributed by atoms with Crippen molar-refractivity contribution in [3.8, 4) is 0 Å². The molecule has 0 radical (unpaired) electrons. The first-order valence-corrected chi connectivity index (χ1v) is 6.78. The van der Waals surface area contributed by atoms with Crippen LogP contribution in [-0.2, 0) is 19.0 Å². The van der Waals surface area contributed by atoms with Gasteiger partial charge < -0.3 is 9.88 Å². The van der Waals surface area contributed by atoms with E-state index >= 15 is 0 Å². The monoisotopic (exact) mass is 292 g/mol. The van der Waals surface area contributed by atoms with Crippen LogP contribution in [0.1, 0.15) is 25.1 Å². The second-order valence-electron chi connectivity index (χ2n) is 5.53. The molecule has 90 valence electrons. The summed E-state index contributed by atoms with van der Waals surface area (Å²) in [7, 11) is 2.16. The van der Waals surface area contributed by atoms with E-state index in [1.807, 2.05) is 0 Å². The Kier molecular flexibility index (Phi) is 2.39. The lowest BCUT2D eigenvalue weighted by atomic mass is 9.80. The van der Waals surface area contributed by atoms with Gasteiger partial charge in [0, 0.05) is 46.6 Å². The molecule has 3 heteroatoms. The highest BCUT2D eigenvalue weighted by Crippen LogP contribution is 2.38. The van der Waals surface area contributed by atoms with E-state index in [0.717, 1.165) is 17.6 Å². The molecule has 0 bridgehead atoms. The van der Waals surface area contributed by atoms with Crippen LogP contribution in [0.3, 0.4) is 0 Å². The zero-order valence-electron chi connectivity index (χ0n) is 10.5.